The van der Waals surface area contributed by atoms with Gasteiger partial charge in [-0.05, 0) is 30.5 Å². The molecule has 24 heavy (non-hydrogen) atoms. The lowest BCUT2D eigenvalue weighted by molar-refractivity contribution is -0.208. The Morgan fingerprint density at radius 1 is 1.04 bits per heavy atom. The van der Waals surface area contributed by atoms with E-state index in [1.165, 1.54) is 12.8 Å². The van der Waals surface area contributed by atoms with Crippen LogP contribution < -0.4 is 0 Å². The fraction of sp³-hybridized carbons (Fsp3) is 0.333. The highest BCUT2D eigenvalue weighted by Crippen LogP contribution is 2.46. The quantitative estimate of drug-likeness (QED) is 0.809. The molecular formula is C21H21NO2. The minimum absolute atomic E-state index is 0.287. The fourth-order valence-corrected chi connectivity index (χ4v) is 4.00. The Labute approximate surface area is 143 Å². The molecule has 2 aliphatic rings. The molecule has 3 heteroatoms. The van der Waals surface area contributed by atoms with Crippen LogP contribution in [0.15, 0.2) is 60.7 Å². The summed E-state index contributed by atoms with van der Waals surface area (Å²) in [4.78, 5) is 15.0. The minimum atomic E-state index is -0.527. The number of fused-ring (bicyclic) bond motifs is 1. The van der Waals surface area contributed by atoms with E-state index in [1.807, 2.05) is 48.5 Å². The lowest BCUT2D eigenvalue weighted by atomic mass is 9.73. The number of carbonyl (C=O) groups is 1. The number of ether oxygens (including phenoxy) is 1. The van der Waals surface area contributed by atoms with E-state index >= 15 is 0 Å². The molecule has 3 nitrogen and oxygen atoms in total. The molecule has 0 saturated carbocycles. The third-order valence-corrected chi connectivity index (χ3v) is 5.15. The summed E-state index contributed by atoms with van der Waals surface area (Å²) in [6.45, 7) is 1.88. The van der Waals surface area contributed by atoms with Crippen molar-refractivity contribution in [2.24, 2.45) is 0 Å². The van der Waals surface area contributed by atoms with Gasteiger partial charge in [0, 0.05) is 6.54 Å². The van der Waals surface area contributed by atoms with Gasteiger partial charge in [-0.1, -0.05) is 67.1 Å². The first-order valence-electron chi connectivity index (χ1n) is 8.62. The predicted molar refractivity (Wildman–Crippen MR) is 92.2 cm³/mol. The third-order valence-electron chi connectivity index (χ3n) is 5.15. The first-order chi connectivity index (χ1) is 11.8. The van der Waals surface area contributed by atoms with Crippen LogP contribution in [0.25, 0.3) is 0 Å². The van der Waals surface area contributed by atoms with Crippen LogP contribution in [-0.2, 0) is 15.1 Å². The second-order valence-corrected chi connectivity index (χ2v) is 6.62. The topological polar surface area (TPSA) is 29.5 Å². The summed E-state index contributed by atoms with van der Waals surface area (Å²) < 4.78 is 6.04. The standard InChI is InChI=1S/C21H21NO2/c23-20(15-17-9-3-1-4-10-17)24-21(18-11-5-2-6-12-18)16-22-14-8-7-13-19(21)22/h1-6,9-12,19H,7-8,13-14,16H2. The maximum atomic E-state index is 12.5. The van der Waals surface area contributed by atoms with Crippen molar-refractivity contribution in [2.45, 2.75) is 30.9 Å². The average Bonchev–Trinajstić information content (AvgIpc) is 2.61. The van der Waals surface area contributed by atoms with Crippen molar-refractivity contribution in [3.63, 3.8) is 0 Å². The summed E-state index contributed by atoms with van der Waals surface area (Å²) in [5, 5.41) is 0. The first-order valence-corrected chi connectivity index (χ1v) is 8.62. The summed E-state index contributed by atoms with van der Waals surface area (Å²) in [7, 11) is 0. The van der Waals surface area contributed by atoms with Crippen LogP contribution in [0.4, 0.5) is 0 Å². The van der Waals surface area contributed by atoms with Crippen molar-refractivity contribution in [3.8, 4) is 0 Å². The number of carbonyl (C=O) groups excluding carboxylic acids is 1. The Morgan fingerprint density at radius 3 is 2.46 bits per heavy atom. The molecule has 2 aromatic rings. The molecule has 2 saturated heterocycles. The van der Waals surface area contributed by atoms with E-state index in [-0.39, 0.29) is 12.0 Å². The molecular weight excluding hydrogens is 298 g/mol. The molecule has 0 aromatic heterocycles. The Morgan fingerprint density at radius 2 is 1.75 bits per heavy atom. The third kappa shape index (κ3) is 2.73. The molecule has 2 aliphatic heterocycles. The molecule has 2 radical (unpaired) electrons. The molecule has 2 aromatic carbocycles. The molecule has 2 heterocycles. The van der Waals surface area contributed by atoms with E-state index in [2.05, 4.69) is 23.5 Å². The molecule has 4 rings (SSSR count). The number of esters is 1. The highest BCUT2D eigenvalue weighted by molar-refractivity contribution is 5.83. The fourth-order valence-electron chi connectivity index (χ4n) is 4.00. The van der Waals surface area contributed by atoms with E-state index < -0.39 is 5.60 Å². The Balaban J connectivity index is 1.56. The van der Waals surface area contributed by atoms with Crippen molar-refractivity contribution in [2.75, 3.05) is 13.1 Å². The number of nitrogens with zero attached hydrogens (tertiary/aromatic N) is 1. The summed E-state index contributed by atoms with van der Waals surface area (Å²) in [6, 6.07) is 19.9. The summed E-state index contributed by atoms with van der Waals surface area (Å²) in [6.07, 6.45) is 6.36. The molecule has 0 aliphatic carbocycles. The molecule has 2 fully saturated rings. The van der Waals surface area contributed by atoms with Crippen molar-refractivity contribution in [3.05, 3.63) is 78.2 Å². The largest absolute Gasteiger partial charge is 0.450 e. The van der Waals surface area contributed by atoms with Crippen LogP contribution in [0.5, 0.6) is 0 Å². The zero-order chi connectivity index (χ0) is 16.4. The van der Waals surface area contributed by atoms with Gasteiger partial charge in [-0.3, -0.25) is 9.69 Å². The molecule has 0 N–H and O–H groups in total. The van der Waals surface area contributed by atoms with Gasteiger partial charge in [-0.25, -0.2) is 0 Å². The average molecular weight is 319 g/mol. The minimum Gasteiger partial charge on any atom is -0.450 e. The normalized spacial score (nSPS) is 26.2. The second-order valence-electron chi connectivity index (χ2n) is 6.62. The van der Waals surface area contributed by atoms with Gasteiger partial charge in [0.05, 0.1) is 6.04 Å². The van der Waals surface area contributed by atoms with Crippen LogP contribution in [0.3, 0.4) is 0 Å². The predicted octanol–water partition coefficient (Wildman–Crippen LogP) is 3.42. The first kappa shape index (κ1) is 15.4. The number of piperidine rings is 1. The van der Waals surface area contributed by atoms with E-state index in [0.717, 1.165) is 30.6 Å². The summed E-state index contributed by atoms with van der Waals surface area (Å²) in [5.41, 5.74) is 1.32. The maximum absolute atomic E-state index is 12.5. The number of benzene rings is 2. The van der Waals surface area contributed by atoms with E-state index in [1.54, 1.807) is 0 Å². The van der Waals surface area contributed by atoms with E-state index in [0.29, 0.717) is 0 Å². The number of hydrogen-bond donors (Lipinski definition) is 0. The zero-order valence-corrected chi connectivity index (χ0v) is 13.7. The van der Waals surface area contributed by atoms with Crippen molar-refractivity contribution in [1.29, 1.82) is 0 Å². The van der Waals surface area contributed by atoms with Crippen molar-refractivity contribution < 1.29 is 9.53 Å². The molecule has 0 amide bonds. The monoisotopic (exact) mass is 319 g/mol. The summed E-state index contributed by atoms with van der Waals surface area (Å²) in [5.74, 6) is -0.379. The van der Waals surface area contributed by atoms with Crippen LogP contribution in [0, 0.1) is 6.42 Å². The van der Waals surface area contributed by atoms with Crippen LogP contribution in [0.2, 0.25) is 0 Å². The Bertz CT molecular complexity index is 700. The highest BCUT2D eigenvalue weighted by atomic mass is 16.6. The molecule has 122 valence electrons. The van der Waals surface area contributed by atoms with Gasteiger partial charge < -0.3 is 4.74 Å². The van der Waals surface area contributed by atoms with Crippen molar-refractivity contribution in [1.82, 2.24) is 4.90 Å². The maximum Gasteiger partial charge on any atom is 0.320 e. The van der Waals surface area contributed by atoms with Gasteiger partial charge >= 0.3 is 5.97 Å². The summed E-state index contributed by atoms with van der Waals surface area (Å²) >= 11 is 0. The SMILES string of the molecule is O=C([C]c1ccccc1)OC1(c2ccccc2)CN2CCCCC21. The van der Waals surface area contributed by atoms with Crippen LogP contribution in [0.1, 0.15) is 30.4 Å². The van der Waals surface area contributed by atoms with Gasteiger partial charge in [0.15, 0.2) is 5.60 Å². The van der Waals surface area contributed by atoms with Crippen LogP contribution >= 0.6 is 0 Å². The lowest BCUT2D eigenvalue weighted by Crippen LogP contribution is -2.70. The Hall–Kier alpha value is -2.13. The lowest BCUT2D eigenvalue weighted by Gasteiger charge is -2.58. The zero-order valence-electron chi connectivity index (χ0n) is 13.7. The van der Waals surface area contributed by atoms with Gasteiger partial charge in [0.2, 0.25) is 0 Å². The number of hydrogen-bond acceptors (Lipinski definition) is 3. The van der Waals surface area contributed by atoms with E-state index in [9.17, 15) is 4.79 Å². The molecule has 0 bridgehead atoms. The molecule has 2 atom stereocenters. The molecule has 2 unspecified atom stereocenters. The second kappa shape index (κ2) is 6.40. The van der Waals surface area contributed by atoms with Gasteiger partial charge in [-0.2, -0.15) is 0 Å². The van der Waals surface area contributed by atoms with Gasteiger partial charge in [-0.15, -0.1) is 0 Å². The van der Waals surface area contributed by atoms with Gasteiger partial charge in [0.25, 0.3) is 0 Å². The highest BCUT2D eigenvalue weighted by Gasteiger charge is 2.57. The van der Waals surface area contributed by atoms with Gasteiger partial charge in [0.1, 0.15) is 6.42 Å². The smallest absolute Gasteiger partial charge is 0.320 e. The molecule has 0 spiro atoms. The van der Waals surface area contributed by atoms with E-state index in [4.69, 9.17) is 4.74 Å². The van der Waals surface area contributed by atoms with Crippen molar-refractivity contribution >= 4 is 5.97 Å². The number of rotatable bonds is 4. The Kier molecular flexibility index (Phi) is 4.11. The van der Waals surface area contributed by atoms with Crippen LogP contribution in [-0.4, -0.2) is 30.0 Å².